The molecule has 0 amide bonds. The third kappa shape index (κ3) is 6.34. The van der Waals surface area contributed by atoms with Gasteiger partial charge in [0.25, 0.3) is 0 Å². The van der Waals surface area contributed by atoms with Crippen molar-refractivity contribution in [1.82, 2.24) is 14.4 Å². The molecule has 0 atom stereocenters. The lowest BCUT2D eigenvalue weighted by Gasteiger charge is -2.09. The number of halogens is 3. The average Bonchev–Trinajstić information content (AvgIpc) is 3.36. The highest BCUT2D eigenvalue weighted by molar-refractivity contribution is 7.90. The molecule has 42 heavy (non-hydrogen) atoms. The minimum Gasteiger partial charge on any atom is -0.352 e. The van der Waals surface area contributed by atoms with E-state index in [4.69, 9.17) is 0 Å². The number of carbonyl (C=O) groups is 1. The van der Waals surface area contributed by atoms with Gasteiger partial charge in [-0.25, -0.2) is 13.4 Å². The summed E-state index contributed by atoms with van der Waals surface area (Å²) in [6, 6.07) is 16.8. The first-order chi connectivity index (χ1) is 19.9. The van der Waals surface area contributed by atoms with Crippen LogP contribution in [-0.2, 0) is 22.4 Å². The molecule has 0 aliphatic carbocycles. The van der Waals surface area contributed by atoms with Gasteiger partial charge in [0, 0.05) is 41.2 Å². The number of hydrogen-bond acceptors (Lipinski definition) is 6. The van der Waals surface area contributed by atoms with Crippen molar-refractivity contribution in [3.63, 3.8) is 0 Å². The Bertz CT molecular complexity index is 1990. The molecule has 0 radical (unpaired) electrons. The Morgan fingerprint density at radius 1 is 1.00 bits per heavy atom. The van der Waals surface area contributed by atoms with Gasteiger partial charge in [-0.1, -0.05) is 18.1 Å². The minimum atomic E-state index is -4.52. The maximum absolute atomic E-state index is 13.0. The number of sulfone groups is 1. The van der Waals surface area contributed by atoms with Crippen LogP contribution in [0.4, 0.5) is 24.5 Å². The standard InChI is InChI=1S/C31H23F3N4O3S/c1-20-5-6-22(29(39)18-25-17-23(13-14-35-25)31(32,33)34)16-21(20)7-10-26-19-36-30-28(4-3-15-38(26)30)37-24-8-11-27(12-9-24)42(2,40)41/h3-6,8-9,11-17,19,37H,18H2,1-2H3. The molecular weight excluding hydrogens is 565 g/mol. The molecule has 7 nitrogen and oxygen atoms in total. The van der Waals surface area contributed by atoms with Crippen molar-refractivity contribution in [3.8, 4) is 11.8 Å². The lowest BCUT2D eigenvalue weighted by molar-refractivity contribution is -0.137. The van der Waals surface area contributed by atoms with Crippen LogP contribution in [0.25, 0.3) is 5.65 Å². The highest BCUT2D eigenvalue weighted by Crippen LogP contribution is 2.29. The average molecular weight is 589 g/mol. The summed E-state index contributed by atoms with van der Waals surface area (Å²) in [4.78, 5) is 21.5. The van der Waals surface area contributed by atoms with Crippen molar-refractivity contribution in [2.75, 3.05) is 11.6 Å². The second kappa shape index (κ2) is 11.1. The molecule has 0 aliphatic rings. The Balaban J connectivity index is 1.37. The fourth-order valence-corrected chi connectivity index (χ4v) is 4.85. The smallest absolute Gasteiger partial charge is 0.352 e. The fraction of sp³-hybridized carbons (Fsp3) is 0.129. The Labute approximate surface area is 240 Å². The number of anilines is 2. The van der Waals surface area contributed by atoms with Crippen molar-refractivity contribution >= 4 is 32.6 Å². The Morgan fingerprint density at radius 2 is 1.76 bits per heavy atom. The zero-order valence-electron chi connectivity index (χ0n) is 22.4. The predicted octanol–water partition coefficient (Wildman–Crippen LogP) is 6.03. The highest BCUT2D eigenvalue weighted by Gasteiger charge is 2.30. The van der Waals surface area contributed by atoms with Crippen LogP contribution in [0.3, 0.4) is 0 Å². The largest absolute Gasteiger partial charge is 0.416 e. The molecule has 11 heteroatoms. The van der Waals surface area contributed by atoms with E-state index in [2.05, 4.69) is 27.1 Å². The fourth-order valence-electron chi connectivity index (χ4n) is 4.22. The van der Waals surface area contributed by atoms with Gasteiger partial charge in [-0.15, -0.1) is 0 Å². The molecular formula is C31H23F3N4O3S. The van der Waals surface area contributed by atoms with Gasteiger partial charge in [0.05, 0.1) is 28.8 Å². The van der Waals surface area contributed by atoms with Crippen molar-refractivity contribution in [1.29, 1.82) is 0 Å². The summed E-state index contributed by atoms with van der Waals surface area (Å²) >= 11 is 0. The lowest BCUT2D eigenvalue weighted by atomic mass is 10.00. The van der Waals surface area contributed by atoms with Crippen LogP contribution in [0.2, 0.25) is 0 Å². The number of nitrogens with zero attached hydrogens (tertiary/aromatic N) is 3. The number of ketones is 1. The van der Waals surface area contributed by atoms with E-state index in [1.807, 2.05) is 19.1 Å². The van der Waals surface area contributed by atoms with Gasteiger partial charge in [0.1, 0.15) is 5.69 Å². The molecule has 3 aromatic heterocycles. The summed E-state index contributed by atoms with van der Waals surface area (Å²) < 4.78 is 64.4. The minimum absolute atomic E-state index is 0.0320. The third-order valence-corrected chi connectivity index (χ3v) is 7.60. The molecule has 0 unspecified atom stereocenters. The van der Waals surface area contributed by atoms with Gasteiger partial charge in [-0.3, -0.25) is 14.2 Å². The molecule has 5 aromatic rings. The molecule has 0 fully saturated rings. The van der Waals surface area contributed by atoms with Crippen molar-refractivity contribution in [2.24, 2.45) is 0 Å². The maximum Gasteiger partial charge on any atom is 0.416 e. The monoisotopic (exact) mass is 588 g/mol. The molecule has 0 saturated heterocycles. The first-order valence-corrected chi connectivity index (χ1v) is 14.5. The number of hydrogen-bond donors (Lipinski definition) is 1. The van der Waals surface area contributed by atoms with Gasteiger partial charge in [-0.2, -0.15) is 13.2 Å². The number of nitrogens with one attached hydrogen (secondary N) is 1. The molecule has 3 heterocycles. The van der Waals surface area contributed by atoms with E-state index >= 15 is 0 Å². The quantitative estimate of drug-likeness (QED) is 0.192. The van der Waals surface area contributed by atoms with Gasteiger partial charge >= 0.3 is 6.18 Å². The van der Waals surface area contributed by atoms with E-state index in [0.29, 0.717) is 33.8 Å². The van der Waals surface area contributed by atoms with Crippen molar-refractivity contribution < 1.29 is 26.4 Å². The highest BCUT2D eigenvalue weighted by atomic mass is 32.2. The maximum atomic E-state index is 13.0. The van der Waals surface area contributed by atoms with E-state index in [0.717, 1.165) is 30.1 Å². The molecule has 0 spiro atoms. The van der Waals surface area contributed by atoms with E-state index < -0.39 is 21.6 Å². The van der Waals surface area contributed by atoms with Crippen LogP contribution in [0, 0.1) is 18.8 Å². The van der Waals surface area contributed by atoms with E-state index in [-0.39, 0.29) is 22.8 Å². The zero-order valence-corrected chi connectivity index (χ0v) is 23.2. The predicted molar refractivity (Wildman–Crippen MR) is 152 cm³/mol. The number of fused-ring (bicyclic) bond motifs is 1. The van der Waals surface area contributed by atoms with Gasteiger partial charge < -0.3 is 5.32 Å². The second-order valence-electron chi connectivity index (χ2n) is 9.59. The van der Waals surface area contributed by atoms with Crippen molar-refractivity contribution in [2.45, 2.75) is 24.4 Å². The van der Waals surface area contributed by atoms with Crippen LogP contribution in [0.5, 0.6) is 0 Å². The topological polar surface area (TPSA) is 93.4 Å². The van der Waals surface area contributed by atoms with E-state index in [1.165, 1.54) is 12.1 Å². The van der Waals surface area contributed by atoms with E-state index in [1.54, 1.807) is 47.1 Å². The first kappa shape index (κ1) is 28.6. The number of carbonyl (C=O) groups excluding carboxylic acids is 1. The van der Waals surface area contributed by atoms with Crippen LogP contribution in [0.15, 0.2) is 90.2 Å². The molecule has 212 valence electrons. The van der Waals surface area contributed by atoms with Gasteiger partial charge in [0.15, 0.2) is 21.3 Å². The number of benzene rings is 2. The molecule has 0 aliphatic heterocycles. The summed E-state index contributed by atoms with van der Waals surface area (Å²) in [5.41, 5.74) is 3.46. The lowest BCUT2D eigenvalue weighted by Crippen LogP contribution is -2.09. The van der Waals surface area contributed by atoms with Crippen molar-refractivity contribution in [3.05, 3.63) is 119 Å². The van der Waals surface area contributed by atoms with Crippen LogP contribution in [0.1, 0.15) is 38.4 Å². The number of aromatic nitrogens is 3. The SMILES string of the molecule is Cc1ccc(C(=O)Cc2cc(C(F)(F)F)ccn2)cc1C#Cc1cnc2c(Nc3ccc(S(C)(=O)=O)cc3)cccn12. The summed E-state index contributed by atoms with van der Waals surface area (Å²) in [6.07, 6.45) is 0.816. The second-order valence-corrected chi connectivity index (χ2v) is 11.6. The Morgan fingerprint density at radius 3 is 2.48 bits per heavy atom. The summed E-state index contributed by atoms with van der Waals surface area (Å²) in [5, 5.41) is 3.24. The Hall–Kier alpha value is -4.95. The number of Topliss-reactive ketones (excluding diaryl/α,β-unsaturated/α-hetero) is 1. The summed E-state index contributed by atoms with van der Waals surface area (Å²) in [7, 11) is -3.30. The third-order valence-electron chi connectivity index (χ3n) is 6.47. The summed E-state index contributed by atoms with van der Waals surface area (Å²) in [6.45, 7) is 1.85. The van der Waals surface area contributed by atoms with E-state index in [9.17, 15) is 26.4 Å². The Kier molecular flexibility index (Phi) is 7.58. The van der Waals surface area contributed by atoms with Gasteiger partial charge in [0.2, 0.25) is 0 Å². The number of aryl methyl sites for hydroxylation is 1. The number of alkyl halides is 3. The molecule has 5 rings (SSSR count). The first-order valence-electron chi connectivity index (χ1n) is 12.6. The van der Waals surface area contributed by atoms with Crippen LogP contribution >= 0.6 is 0 Å². The number of imidazole rings is 1. The number of pyridine rings is 2. The molecule has 0 saturated carbocycles. The van der Waals surface area contributed by atoms with Gasteiger partial charge in [-0.05, 0) is 73.0 Å². The number of rotatable bonds is 6. The zero-order chi connectivity index (χ0) is 30.1. The molecule has 1 N–H and O–H groups in total. The van der Waals surface area contributed by atoms with Crippen LogP contribution < -0.4 is 5.32 Å². The normalized spacial score (nSPS) is 11.6. The molecule has 0 bridgehead atoms. The summed E-state index contributed by atoms with van der Waals surface area (Å²) in [5.74, 6) is 5.79. The molecule has 2 aromatic carbocycles. The van der Waals surface area contributed by atoms with Crippen LogP contribution in [-0.4, -0.2) is 34.8 Å².